The first-order valence-electron chi connectivity index (χ1n) is 9.14. The molecule has 0 aliphatic rings. The molecule has 0 saturated carbocycles. The lowest BCUT2D eigenvalue weighted by molar-refractivity contribution is 0.450. The molecular formula is C22H32NOP. The summed E-state index contributed by atoms with van der Waals surface area (Å²) in [5.41, 5.74) is 4.77. The van der Waals surface area contributed by atoms with Crippen molar-refractivity contribution in [1.82, 2.24) is 0 Å². The molecule has 0 amide bonds. The minimum Gasteiger partial charge on any atom is -0.507 e. The quantitative estimate of drug-likeness (QED) is 0.778. The average Bonchev–Trinajstić information content (AvgIpc) is 2.53. The Labute approximate surface area is 155 Å². The van der Waals surface area contributed by atoms with Gasteiger partial charge in [-0.15, -0.1) is 0 Å². The molecule has 0 aromatic heterocycles. The van der Waals surface area contributed by atoms with E-state index in [4.69, 9.17) is 0 Å². The van der Waals surface area contributed by atoms with Crippen LogP contribution >= 0.6 is 8.58 Å². The summed E-state index contributed by atoms with van der Waals surface area (Å²) in [5.74, 6) is 0.463. The second-order valence-electron chi connectivity index (χ2n) is 7.72. The second-order valence-corrected chi connectivity index (χ2v) is 9.01. The summed E-state index contributed by atoms with van der Waals surface area (Å²) in [4.78, 5) is 2.40. The van der Waals surface area contributed by atoms with Crippen molar-refractivity contribution in [3.8, 4) is 5.75 Å². The minimum absolute atomic E-state index is 0.0667. The Morgan fingerprint density at radius 1 is 1.04 bits per heavy atom. The van der Waals surface area contributed by atoms with Crippen LogP contribution in [0, 0.1) is 13.8 Å². The van der Waals surface area contributed by atoms with Crippen LogP contribution in [0.15, 0.2) is 30.3 Å². The van der Waals surface area contributed by atoms with E-state index in [0.29, 0.717) is 14.3 Å². The molecule has 25 heavy (non-hydrogen) atoms. The first-order valence-corrected chi connectivity index (χ1v) is 10.1. The third-order valence-electron chi connectivity index (χ3n) is 4.68. The number of aromatic hydroxyl groups is 1. The van der Waals surface area contributed by atoms with Crippen molar-refractivity contribution in [3.05, 3.63) is 47.0 Å². The Hall–Kier alpha value is -1.53. The highest BCUT2D eigenvalue weighted by atomic mass is 31.1. The lowest BCUT2D eigenvalue weighted by atomic mass is 9.85. The van der Waals surface area contributed by atoms with Crippen LogP contribution in [0.2, 0.25) is 0 Å². The molecule has 2 aromatic carbocycles. The number of aryl methyl sites for hydroxylation is 2. The van der Waals surface area contributed by atoms with Crippen molar-refractivity contribution in [2.24, 2.45) is 0 Å². The molecule has 1 atom stereocenters. The highest BCUT2D eigenvalue weighted by Crippen LogP contribution is 2.34. The van der Waals surface area contributed by atoms with E-state index in [1.807, 2.05) is 0 Å². The largest absolute Gasteiger partial charge is 0.507 e. The van der Waals surface area contributed by atoms with Crippen molar-refractivity contribution in [2.45, 2.75) is 53.9 Å². The van der Waals surface area contributed by atoms with Crippen molar-refractivity contribution >= 4 is 24.9 Å². The number of phenols is 1. The lowest BCUT2D eigenvalue weighted by Crippen LogP contribution is -2.27. The number of nitrogens with zero attached hydrogens (tertiary/aromatic N) is 1. The fourth-order valence-corrected chi connectivity index (χ4v) is 4.70. The van der Waals surface area contributed by atoms with Gasteiger partial charge in [-0.25, -0.2) is 0 Å². The van der Waals surface area contributed by atoms with Crippen LogP contribution < -0.4 is 15.5 Å². The monoisotopic (exact) mass is 357 g/mol. The van der Waals surface area contributed by atoms with Gasteiger partial charge in [0.2, 0.25) is 0 Å². The minimum atomic E-state index is -0.0667. The number of rotatable bonds is 5. The van der Waals surface area contributed by atoms with Gasteiger partial charge in [-0.3, -0.25) is 0 Å². The molecule has 0 bridgehead atoms. The standard InChI is InChI=1S/C22H32NOP/c1-8-23(9-2)18-12-10-11-16(4)21(18)25-19-14-15(3)13-17(20(19)24)22(5,6)7/h10-14,24-25H,8-9H2,1-7H3. The Balaban J connectivity index is 2.56. The molecule has 1 N–H and O–H groups in total. The first kappa shape index (κ1) is 19.8. The number of benzene rings is 2. The van der Waals surface area contributed by atoms with Crippen molar-refractivity contribution in [3.63, 3.8) is 0 Å². The van der Waals surface area contributed by atoms with Gasteiger partial charge >= 0.3 is 0 Å². The number of hydrogen-bond acceptors (Lipinski definition) is 2. The predicted octanol–water partition coefficient (Wildman–Crippen LogP) is 4.78. The van der Waals surface area contributed by atoms with E-state index in [1.54, 1.807) is 0 Å². The van der Waals surface area contributed by atoms with E-state index >= 15 is 0 Å². The molecule has 0 aliphatic carbocycles. The molecule has 0 radical (unpaired) electrons. The molecule has 0 heterocycles. The Morgan fingerprint density at radius 2 is 1.68 bits per heavy atom. The third-order valence-corrected chi connectivity index (χ3v) is 6.23. The molecule has 3 heteroatoms. The summed E-state index contributed by atoms with van der Waals surface area (Å²) in [6.07, 6.45) is 0. The van der Waals surface area contributed by atoms with Gasteiger partial charge in [0.05, 0.1) is 0 Å². The third kappa shape index (κ3) is 4.36. The smallest absolute Gasteiger partial charge is 0.127 e. The summed E-state index contributed by atoms with van der Waals surface area (Å²) < 4.78 is 0. The summed E-state index contributed by atoms with van der Waals surface area (Å²) in [6.45, 7) is 17.1. The topological polar surface area (TPSA) is 23.5 Å². The summed E-state index contributed by atoms with van der Waals surface area (Å²) in [6, 6.07) is 10.8. The van der Waals surface area contributed by atoms with Crippen LogP contribution in [0.3, 0.4) is 0 Å². The van der Waals surface area contributed by atoms with Gasteiger partial charge in [-0.05, 0) is 56.4 Å². The molecule has 1 unspecified atom stereocenters. The van der Waals surface area contributed by atoms with Crippen molar-refractivity contribution in [2.75, 3.05) is 18.0 Å². The van der Waals surface area contributed by atoms with Gasteiger partial charge in [0.1, 0.15) is 5.75 Å². The van der Waals surface area contributed by atoms with Crippen LogP contribution in [0.25, 0.3) is 0 Å². The van der Waals surface area contributed by atoms with E-state index in [0.717, 1.165) is 24.0 Å². The van der Waals surface area contributed by atoms with E-state index in [1.165, 1.54) is 22.1 Å². The Morgan fingerprint density at radius 3 is 2.24 bits per heavy atom. The van der Waals surface area contributed by atoms with Crippen LogP contribution in [-0.4, -0.2) is 18.2 Å². The van der Waals surface area contributed by atoms with E-state index < -0.39 is 0 Å². The van der Waals surface area contributed by atoms with Gasteiger partial charge in [0, 0.05) is 34.9 Å². The van der Waals surface area contributed by atoms with E-state index in [-0.39, 0.29) is 5.41 Å². The maximum absolute atomic E-state index is 10.9. The fraction of sp³-hybridized carbons (Fsp3) is 0.455. The molecule has 0 fully saturated rings. The summed E-state index contributed by atoms with van der Waals surface area (Å²) in [7, 11) is 0.452. The van der Waals surface area contributed by atoms with E-state index in [2.05, 4.69) is 83.7 Å². The summed E-state index contributed by atoms with van der Waals surface area (Å²) in [5, 5.41) is 13.3. The maximum Gasteiger partial charge on any atom is 0.127 e. The molecule has 0 saturated heterocycles. The zero-order chi connectivity index (χ0) is 18.8. The molecular weight excluding hydrogens is 325 g/mol. The first-order chi connectivity index (χ1) is 11.7. The molecule has 2 rings (SSSR count). The Bertz CT molecular complexity index is 742. The Kier molecular flexibility index (Phi) is 6.16. The zero-order valence-corrected chi connectivity index (χ0v) is 17.7. The lowest BCUT2D eigenvalue weighted by Gasteiger charge is -2.27. The van der Waals surface area contributed by atoms with Gasteiger partial charge < -0.3 is 10.0 Å². The van der Waals surface area contributed by atoms with Crippen molar-refractivity contribution in [1.29, 1.82) is 0 Å². The van der Waals surface area contributed by atoms with Crippen LogP contribution in [0.1, 0.15) is 51.3 Å². The van der Waals surface area contributed by atoms with Crippen LogP contribution in [0.4, 0.5) is 5.69 Å². The number of hydrogen-bond donors (Lipinski definition) is 1. The fourth-order valence-electron chi connectivity index (χ4n) is 3.22. The SMILES string of the molecule is CCN(CC)c1cccc(C)c1Pc1cc(C)cc(C(C)(C)C)c1O. The molecule has 2 nitrogen and oxygen atoms in total. The van der Waals surface area contributed by atoms with E-state index in [9.17, 15) is 5.11 Å². The van der Waals surface area contributed by atoms with Crippen molar-refractivity contribution < 1.29 is 5.11 Å². The van der Waals surface area contributed by atoms with Crippen LogP contribution in [-0.2, 0) is 5.41 Å². The molecule has 0 spiro atoms. The van der Waals surface area contributed by atoms with Gasteiger partial charge in [-0.2, -0.15) is 0 Å². The zero-order valence-electron chi connectivity index (χ0n) is 16.7. The molecule has 136 valence electrons. The molecule has 2 aromatic rings. The highest BCUT2D eigenvalue weighted by molar-refractivity contribution is 7.56. The van der Waals surface area contributed by atoms with Gasteiger partial charge in [-0.1, -0.05) is 47.6 Å². The van der Waals surface area contributed by atoms with Crippen LogP contribution in [0.5, 0.6) is 5.75 Å². The normalized spacial score (nSPS) is 12.1. The highest BCUT2D eigenvalue weighted by Gasteiger charge is 2.22. The molecule has 0 aliphatic heterocycles. The average molecular weight is 357 g/mol. The second kappa shape index (κ2) is 7.79. The number of anilines is 1. The number of phenolic OH excluding ortho intramolecular Hbond substituents is 1. The predicted molar refractivity (Wildman–Crippen MR) is 114 cm³/mol. The maximum atomic E-state index is 10.9. The summed E-state index contributed by atoms with van der Waals surface area (Å²) >= 11 is 0. The van der Waals surface area contributed by atoms with Gasteiger partial charge in [0.25, 0.3) is 0 Å². The van der Waals surface area contributed by atoms with Gasteiger partial charge in [0.15, 0.2) is 0 Å².